The van der Waals surface area contributed by atoms with Crippen LogP contribution in [0.15, 0.2) is 65.8 Å². The Kier molecular flexibility index (Phi) is 7.16. The molecule has 0 aliphatic carbocycles. The van der Waals surface area contributed by atoms with Crippen LogP contribution in [0.4, 0.5) is 0 Å². The molecule has 1 heterocycles. The SMILES string of the molecule is [2H]C(O[C@H]1[C@H](OC([2H])c2ccccc2)[C@@H](N=[N+]=[N-])C(O)O[C@@H]1C(O)C(C)=O)c1ccccc1. The minimum atomic E-state index is -1.74. The van der Waals surface area contributed by atoms with Gasteiger partial charge in [-0.3, -0.25) is 4.79 Å². The van der Waals surface area contributed by atoms with Crippen molar-refractivity contribution < 1.29 is 32.0 Å². The number of ketones is 1. The maximum absolute atomic E-state index is 11.9. The van der Waals surface area contributed by atoms with Crippen LogP contribution in [0.2, 0.25) is 0 Å². The molecular weight excluding hydrogens is 402 g/mol. The molecule has 1 aliphatic heterocycles. The predicted molar refractivity (Wildman–Crippen MR) is 111 cm³/mol. The molecule has 2 N–H and O–H groups in total. The molecule has 8 atom stereocenters. The van der Waals surface area contributed by atoms with Crippen LogP contribution in [0.5, 0.6) is 0 Å². The molecule has 3 rings (SSSR count). The van der Waals surface area contributed by atoms with Crippen LogP contribution < -0.4 is 0 Å². The minimum absolute atomic E-state index is 0.476. The van der Waals surface area contributed by atoms with Gasteiger partial charge in [-0.25, -0.2) is 0 Å². The third-order valence-electron chi connectivity index (χ3n) is 4.81. The average molecular weight is 429 g/mol. The third-order valence-corrected chi connectivity index (χ3v) is 4.81. The predicted octanol–water partition coefficient (Wildman–Crippen LogP) is 2.50. The smallest absolute Gasteiger partial charge is 0.166 e. The lowest BCUT2D eigenvalue weighted by molar-refractivity contribution is -0.279. The molecule has 0 amide bonds. The van der Waals surface area contributed by atoms with Crippen molar-refractivity contribution >= 4 is 5.78 Å². The van der Waals surface area contributed by atoms with E-state index in [1.165, 1.54) is 0 Å². The van der Waals surface area contributed by atoms with Crippen LogP contribution in [0.1, 0.15) is 20.8 Å². The summed E-state index contributed by atoms with van der Waals surface area (Å²) in [4.78, 5) is 14.7. The number of azide groups is 1. The van der Waals surface area contributed by atoms with Crippen LogP contribution in [0.3, 0.4) is 0 Å². The number of aliphatic hydroxyl groups excluding tert-OH is 2. The Morgan fingerprint density at radius 2 is 1.65 bits per heavy atom. The summed E-state index contributed by atoms with van der Waals surface area (Å²) in [6, 6.07) is 15.7. The van der Waals surface area contributed by atoms with Gasteiger partial charge in [0.15, 0.2) is 12.1 Å². The maximum atomic E-state index is 11.9. The summed E-state index contributed by atoms with van der Waals surface area (Å²) >= 11 is 0. The lowest BCUT2D eigenvalue weighted by atomic mass is 9.92. The largest absolute Gasteiger partial charge is 0.382 e. The molecule has 0 spiro atoms. The van der Waals surface area contributed by atoms with Gasteiger partial charge < -0.3 is 24.4 Å². The number of aliphatic hydroxyl groups is 2. The highest BCUT2D eigenvalue weighted by Gasteiger charge is 2.50. The highest BCUT2D eigenvalue weighted by molar-refractivity contribution is 5.80. The molecule has 164 valence electrons. The molecule has 0 saturated carbocycles. The number of benzene rings is 2. The van der Waals surface area contributed by atoms with E-state index in [9.17, 15) is 15.0 Å². The van der Waals surface area contributed by atoms with E-state index in [0.29, 0.717) is 11.1 Å². The minimum Gasteiger partial charge on any atom is -0.382 e. The van der Waals surface area contributed by atoms with E-state index in [2.05, 4.69) is 10.0 Å². The number of Topliss-reactive ketones (excluding diaryl/α,β-unsaturated/α-hetero) is 1. The second kappa shape index (κ2) is 11.0. The summed E-state index contributed by atoms with van der Waals surface area (Å²) in [5, 5.41) is 24.5. The first-order chi connectivity index (χ1) is 15.8. The molecule has 0 bridgehead atoms. The summed E-state index contributed by atoms with van der Waals surface area (Å²) < 4.78 is 34.0. The Morgan fingerprint density at radius 3 is 2.13 bits per heavy atom. The van der Waals surface area contributed by atoms with Gasteiger partial charge in [0.2, 0.25) is 0 Å². The first-order valence-corrected chi connectivity index (χ1v) is 9.65. The second-order valence-electron chi connectivity index (χ2n) is 7.00. The fraction of sp³-hybridized carbons (Fsp3) is 0.409. The van der Waals surface area contributed by atoms with E-state index in [4.69, 9.17) is 22.5 Å². The molecule has 1 saturated heterocycles. The highest BCUT2D eigenvalue weighted by Crippen LogP contribution is 2.30. The van der Waals surface area contributed by atoms with Crippen LogP contribution in [0, 0.1) is 0 Å². The Hall–Kier alpha value is -2.78. The van der Waals surface area contributed by atoms with E-state index >= 15 is 0 Å². The van der Waals surface area contributed by atoms with Crippen molar-refractivity contribution in [2.24, 2.45) is 5.11 Å². The van der Waals surface area contributed by atoms with Gasteiger partial charge in [-0.05, 0) is 23.6 Å². The molecular formula is C22H25N3O6. The molecule has 2 aromatic rings. The summed E-state index contributed by atoms with van der Waals surface area (Å²) in [6.45, 7) is -1.42. The van der Waals surface area contributed by atoms with Crippen LogP contribution in [-0.2, 0) is 32.2 Å². The van der Waals surface area contributed by atoms with Crippen molar-refractivity contribution in [3.63, 3.8) is 0 Å². The number of ether oxygens (including phenoxy) is 3. The van der Waals surface area contributed by atoms with Gasteiger partial charge in [0, 0.05) is 4.91 Å². The second-order valence-corrected chi connectivity index (χ2v) is 7.00. The molecule has 0 aromatic heterocycles. The number of carbonyl (C=O) groups is 1. The number of hydrogen-bond donors (Lipinski definition) is 2. The first kappa shape index (κ1) is 20.1. The Morgan fingerprint density at radius 1 is 1.13 bits per heavy atom. The van der Waals surface area contributed by atoms with Crippen molar-refractivity contribution in [3.8, 4) is 0 Å². The zero-order valence-corrected chi connectivity index (χ0v) is 16.8. The summed E-state index contributed by atoms with van der Waals surface area (Å²) in [6.07, 6.45) is -7.54. The molecule has 0 radical (unpaired) electrons. The third kappa shape index (κ3) is 5.89. The Labute approximate surface area is 182 Å². The molecule has 9 nitrogen and oxygen atoms in total. The van der Waals surface area contributed by atoms with Gasteiger partial charge in [-0.1, -0.05) is 65.8 Å². The molecule has 2 aromatic carbocycles. The lowest BCUT2D eigenvalue weighted by Gasteiger charge is -2.44. The fourth-order valence-corrected chi connectivity index (χ4v) is 3.22. The van der Waals surface area contributed by atoms with Gasteiger partial charge in [0.1, 0.15) is 30.5 Å². The van der Waals surface area contributed by atoms with Crippen LogP contribution in [-0.4, -0.2) is 52.7 Å². The average Bonchev–Trinajstić information content (AvgIpc) is 2.83. The van der Waals surface area contributed by atoms with E-state index < -0.39 is 55.7 Å². The zero-order chi connectivity index (χ0) is 24.0. The van der Waals surface area contributed by atoms with E-state index in [0.717, 1.165) is 6.92 Å². The Balaban J connectivity index is 1.99. The van der Waals surface area contributed by atoms with Crippen molar-refractivity contribution in [2.45, 2.75) is 56.8 Å². The van der Waals surface area contributed by atoms with Crippen molar-refractivity contribution in [1.82, 2.24) is 0 Å². The topological polar surface area (TPSA) is 134 Å². The molecule has 31 heavy (non-hydrogen) atoms. The van der Waals surface area contributed by atoms with Gasteiger partial charge >= 0.3 is 0 Å². The number of rotatable bonds is 9. The summed E-state index contributed by atoms with van der Waals surface area (Å²) in [7, 11) is 0. The number of nitrogens with zero attached hydrogens (tertiary/aromatic N) is 3. The van der Waals surface area contributed by atoms with Gasteiger partial charge in [-0.15, -0.1) is 0 Å². The fourth-order valence-electron chi connectivity index (χ4n) is 3.22. The van der Waals surface area contributed by atoms with Crippen molar-refractivity contribution in [1.29, 1.82) is 0 Å². The van der Waals surface area contributed by atoms with Crippen molar-refractivity contribution in [3.05, 3.63) is 82.2 Å². The van der Waals surface area contributed by atoms with E-state index in [1.807, 2.05) is 0 Å². The van der Waals surface area contributed by atoms with Crippen LogP contribution in [0.25, 0.3) is 10.4 Å². The first-order valence-electron chi connectivity index (χ1n) is 10.8. The van der Waals surface area contributed by atoms with Gasteiger partial charge in [0.25, 0.3) is 0 Å². The highest BCUT2D eigenvalue weighted by atomic mass is 16.6. The van der Waals surface area contributed by atoms with Crippen molar-refractivity contribution in [2.75, 3.05) is 0 Å². The van der Waals surface area contributed by atoms with E-state index in [-0.39, 0.29) is 0 Å². The van der Waals surface area contributed by atoms with E-state index in [1.54, 1.807) is 60.7 Å². The number of carbonyl (C=O) groups excluding carboxylic acids is 1. The quantitative estimate of drug-likeness (QED) is 0.357. The van der Waals surface area contributed by atoms with Gasteiger partial charge in [0.05, 0.1) is 15.9 Å². The zero-order valence-electron chi connectivity index (χ0n) is 18.8. The normalized spacial score (nSPS) is 29.6. The monoisotopic (exact) mass is 429 g/mol. The summed E-state index contributed by atoms with van der Waals surface area (Å²) in [5.74, 6) is -0.659. The molecule has 4 unspecified atom stereocenters. The standard InChI is InChI=1S/C22H25N3O6/c1-14(26)18(27)20-21(30-13-16-10-6-3-7-11-16)19(17(24-25-23)22(28)31-20)29-12-15-8-4-2-5-9-15/h2-11,17-22,27-28H,12-13H2,1H3/t17-,18?,19-,20-,21+,22?/m1/s1/i12D,13D/t12?,13?,17-,18?,19-,20-,21+,22?. The summed E-state index contributed by atoms with van der Waals surface area (Å²) in [5.41, 5.74) is 9.98. The molecule has 1 fully saturated rings. The maximum Gasteiger partial charge on any atom is 0.166 e. The van der Waals surface area contributed by atoms with Crippen LogP contribution >= 0.6 is 0 Å². The molecule has 1 aliphatic rings. The van der Waals surface area contributed by atoms with Gasteiger partial charge in [-0.2, -0.15) is 0 Å². The molecule has 9 heteroatoms. The Bertz CT molecular complexity index is 963. The number of hydrogen-bond acceptors (Lipinski definition) is 7. The lowest BCUT2D eigenvalue weighted by Crippen LogP contribution is -2.62.